The van der Waals surface area contributed by atoms with E-state index in [4.69, 9.17) is 20.1 Å². The Kier molecular flexibility index (Phi) is 6.93. The van der Waals surface area contributed by atoms with E-state index in [0.717, 1.165) is 0 Å². The zero-order chi connectivity index (χ0) is 22.7. The molecule has 0 aliphatic carbocycles. The molecule has 2 aliphatic heterocycles. The first-order valence-corrected chi connectivity index (χ1v) is 9.40. The van der Waals surface area contributed by atoms with Crippen LogP contribution in [0.15, 0.2) is 0 Å². The van der Waals surface area contributed by atoms with Gasteiger partial charge in [0, 0.05) is 25.7 Å². The van der Waals surface area contributed by atoms with Crippen LogP contribution in [-0.2, 0) is 43.2 Å². The van der Waals surface area contributed by atoms with Crippen molar-refractivity contribution in [1.29, 1.82) is 0 Å². The average molecular weight is 427 g/mol. The zero-order valence-corrected chi connectivity index (χ0v) is 17.1. The highest BCUT2D eigenvalue weighted by atomic mass is 16.7. The molecule has 166 valence electrons. The van der Waals surface area contributed by atoms with Crippen LogP contribution < -0.4 is 5.73 Å². The molecule has 2 heterocycles. The number of imide groups is 2. The van der Waals surface area contributed by atoms with Gasteiger partial charge in [-0.15, -0.1) is 10.1 Å². The predicted octanol–water partition coefficient (Wildman–Crippen LogP) is -0.301. The van der Waals surface area contributed by atoms with Gasteiger partial charge < -0.3 is 20.1 Å². The van der Waals surface area contributed by atoms with Crippen molar-refractivity contribution < 1.29 is 43.2 Å². The van der Waals surface area contributed by atoms with E-state index in [0.29, 0.717) is 10.1 Å². The molecule has 2 rings (SSSR count). The summed E-state index contributed by atoms with van der Waals surface area (Å²) in [5.41, 5.74) is 3.39. The van der Waals surface area contributed by atoms with Crippen molar-refractivity contribution in [1.82, 2.24) is 10.1 Å². The van der Waals surface area contributed by atoms with E-state index in [1.54, 1.807) is 0 Å². The average Bonchev–Trinajstić information content (AvgIpc) is 3.15. The van der Waals surface area contributed by atoms with Gasteiger partial charge in [0.25, 0.3) is 23.6 Å². The number of rotatable bonds is 9. The second-order valence-electron chi connectivity index (χ2n) is 7.99. The molecule has 1 unspecified atom stereocenters. The van der Waals surface area contributed by atoms with Gasteiger partial charge in [0.2, 0.25) is 0 Å². The van der Waals surface area contributed by atoms with Crippen LogP contribution in [0, 0.1) is 5.41 Å². The number of carbonyl (C=O) groups is 6. The quantitative estimate of drug-likeness (QED) is 0.382. The largest absolute Gasteiger partial charge is 0.360 e. The number of hydroxylamine groups is 4. The number of amides is 4. The Morgan fingerprint density at radius 2 is 1.30 bits per heavy atom. The summed E-state index contributed by atoms with van der Waals surface area (Å²) in [4.78, 5) is 79.9. The number of nitrogens with zero attached hydrogens (tertiary/aromatic N) is 2. The lowest BCUT2D eigenvalue weighted by Gasteiger charge is -2.30. The van der Waals surface area contributed by atoms with Gasteiger partial charge in [-0.3, -0.25) is 19.2 Å². The predicted molar refractivity (Wildman–Crippen MR) is 95.9 cm³/mol. The molecule has 0 aromatic carbocycles. The fraction of sp³-hybridized carbons (Fsp3) is 0.667. The molecule has 2 fully saturated rings. The topological polar surface area (TPSA) is 163 Å². The maximum absolute atomic E-state index is 12.3. The van der Waals surface area contributed by atoms with Crippen LogP contribution in [0.25, 0.3) is 0 Å². The second kappa shape index (κ2) is 8.88. The standard InChI is InChI=1S/C18H25N3O9/c1-17(2,16(27)30-21-13(24)6-7-14(21)25)10-28-18(3,19)9-8-15(26)29-20-11(22)4-5-12(20)23/h4-10,19H2,1-3H3. The molecular formula is C18H25N3O9. The van der Waals surface area contributed by atoms with Crippen molar-refractivity contribution >= 4 is 35.6 Å². The minimum atomic E-state index is -1.35. The van der Waals surface area contributed by atoms with E-state index in [2.05, 4.69) is 0 Å². The molecule has 2 N–H and O–H groups in total. The maximum Gasteiger partial charge on any atom is 0.341 e. The van der Waals surface area contributed by atoms with Crippen LogP contribution in [0.2, 0.25) is 0 Å². The van der Waals surface area contributed by atoms with Crippen molar-refractivity contribution in [3.05, 3.63) is 0 Å². The van der Waals surface area contributed by atoms with E-state index in [-0.39, 0.29) is 45.1 Å². The van der Waals surface area contributed by atoms with Crippen LogP contribution >= 0.6 is 0 Å². The molecule has 0 bridgehead atoms. The van der Waals surface area contributed by atoms with Crippen LogP contribution in [0.5, 0.6) is 0 Å². The van der Waals surface area contributed by atoms with Gasteiger partial charge >= 0.3 is 11.9 Å². The fourth-order valence-electron chi connectivity index (χ4n) is 2.50. The molecule has 0 spiro atoms. The summed E-state index contributed by atoms with van der Waals surface area (Å²) in [5, 5.41) is 0.889. The molecule has 2 aliphatic rings. The summed E-state index contributed by atoms with van der Waals surface area (Å²) in [6.07, 6.45) is -0.335. The van der Waals surface area contributed by atoms with E-state index in [9.17, 15) is 28.8 Å². The molecule has 2 saturated heterocycles. The molecule has 12 heteroatoms. The maximum atomic E-state index is 12.3. The third-order valence-corrected chi connectivity index (χ3v) is 4.52. The monoisotopic (exact) mass is 427 g/mol. The van der Waals surface area contributed by atoms with Gasteiger partial charge in [-0.1, -0.05) is 0 Å². The van der Waals surface area contributed by atoms with Crippen molar-refractivity contribution in [2.75, 3.05) is 6.61 Å². The number of hydrogen-bond acceptors (Lipinski definition) is 10. The summed E-state index contributed by atoms with van der Waals surface area (Å²) in [5.74, 6) is -4.05. The SMILES string of the molecule is CC(N)(CCC(=O)ON1C(=O)CCC1=O)OCC(C)(C)C(=O)ON1C(=O)CCC1=O. The summed E-state index contributed by atoms with van der Waals surface area (Å²) < 4.78 is 5.53. The van der Waals surface area contributed by atoms with Gasteiger partial charge in [-0.2, -0.15) is 0 Å². The Hall–Kier alpha value is -2.86. The molecule has 12 nitrogen and oxygen atoms in total. The molecule has 0 radical (unpaired) electrons. The van der Waals surface area contributed by atoms with E-state index in [1.807, 2.05) is 0 Å². The summed E-state index contributed by atoms with van der Waals surface area (Å²) in [6, 6.07) is 0. The van der Waals surface area contributed by atoms with Crippen molar-refractivity contribution in [2.45, 2.75) is 65.0 Å². The molecule has 1 atom stereocenters. The first-order chi connectivity index (χ1) is 13.8. The molecular weight excluding hydrogens is 402 g/mol. The number of nitrogens with two attached hydrogens (primary N) is 1. The highest BCUT2D eigenvalue weighted by Crippen LogP contribution is 2.24. The first-order valence-electron chi connectivity index (χ1n) is 9.40. The van der Waals surface area contributed by atoms with Crippen molar-refractivity contribution in [3.8, 4) is 0 Å². The zero-order valence-electron chi connectivity index (χ0n) is 17.1. The summed E-state index contributed by atoms with van der Waals surface area (Å²) in [7, 11) is 0. The van der Waals surface area contributed by atoms with Gasteiger partial charge in [0.15, 0.2) is 0 Å². The lowest BCUT2D eigenvalue weighted by Crippen LogP contribution is -2.45. The Morgan fingerprint density at radius 1 is 0.867 bits per heavy atom. The fourth-order valence-corrected chi connectivity index (χ4v) is 2.50. The normalized spacial score (nSPS) is 19.3. The third-order valence-electron chi connectivity index (χ3n) is 4.52. The van der Waals surface area contributed by atoms with Gasteiger partial charge in [0.05, 0.1) is 18.4 Å². The van der Waals surface area contributed by atoms with E-state index >= 15 is 0 Å². The molecule has 0 aromatic heterocycles. The van der Waals surface area contributed by atoms with Crippen LogP contribution in [0.4, 0.5) is 0 Å². The van der Waals surface area contributed by atoms with Crippen LogP contribution in [0.3, 0.4) is 0 Å². The molecule has 4 amide bonds. The van der Waals surface area contributed by atoms with Crippen LogP contribution in [-0.4, -0.2) is 58.0 Å². The highest BCUT2D eigenvalue weighted by molar-refractivity contribution is 6.02. The minimum Gasteiger partial charge on any atom is -0.360 e. The number of ether oxygens (including phenoxy) is 1. The Bertz CT molecular complexity index is 743. The summed E-state index contributed by atoms with van der Waals surface area (Å²) in [6.45, 7) is 4.21. The Morgan fingerprint density at radius 3 is 1.77 bits per heavy atom. The van der Waals surface area contributed by atoms with Crippen molar-refractivity contribution in [3.63, 3.8) is 0 Å². The van der Waals surface area contributed by atoms with Crippen molar-refractivity contribution in [2.24, 2.45) is 11.1 Å². The highest BCUT2D eigenvalue weighted by Gasteiger charge is 2.39. The Balaban J connectivity index is 1.81. The van der Waals surface area contributed by atoms with Gasteiger partial charge in [0.1, 0.15) is 5.72 Å². The second-order valence-corrected chi connectivity index (χ2v) is 7.99. The van der Waals surface area contributed by atoms with Gasteiger partial charge in [-0.25, -0.2) is 9.59 Å². The molecule has 30 heavy (non-hydrogen) atoms. The van der Waals surface area contributed by atoms with Crippen LogP contribution in [0.1, 0.15) is 59.3 Å². The Labute approximate surface area is 172 Å². The lowest BCUT2D eigenvalue weighted by molar-refractivity contribution is -0.208. The number of carbonyl (C=O) groups excluding carboxylic acids is 6. The molecule has 0 saturated carbocycles. The molecule has 0 aromatic rings. The number of hydrogen-bond donors (Lipinski definition) is 1. The first kappa shape index (κ1) is 23.4. The van der Waals surface area contributed by atoms with E-state index < -0.39 is 46.7 Å². The smallest absolute Gasteiger partial charge is 0.341 e. The minimum absolute atomic E-state index is 0.0103. The third kappa shape index (κ3) is 5.83. The summed E-state index contributed by atoms with van der Waals surface area (Å²) >= 11 is 0. The van der Waals surface area contributed by atoms with Gasteiger partial charge in [-0.05, 0) is 27.2 Å². The van der Waals surface area contributed by atoms with E-state index in [1.165, 1.54) is 20.8 Å². The lowest BCUT2D eigenvalue weighted by atomic mass is 9.95.